The minimum atomic E-state index is 0. The van der Waals surface area contributed by atoms with Gasteiger partial charge in [-0.1, -0.05) is 0 Å². The molecule has 2 aromatic heterocycles. The molecule has 0 aliphatic heterocycles. The first-order valence-electron chi connectivity index (χ1n) is 4.84. The summed E-state index contributed by atoms with van der Waals surface area (Å²) in [4.78, 5) is 3.31. The number of aromatic amines is 1. The Labute approximate surface area is 103 Å². The Balaban J connectivity index is 0.000000963. The quantitative estimate of drug-likeness (QED) is 0.502. The normalized spacial score (nSPS) is 10.6. The highest BCUT2D eigenvalue weighted by Gasteiger charge is 2.07. The molecule has 3 rings (SSSR count). The summed E-state index contributed by atoms with van der Waals surface area (Å²) in [7, 11) is 1.99. The molecule has 3 aromatic rings. The van der Waals surface area contributed by atoms with Crippen molar-refractivity contribution in [1.29, 1.82) is 0 Å². The van der Waals surface area contributed by atoms with Gasteiger partial charge < -0.3 is 27.1 Å². The summed E-state index contributed by atoms with van der Waals surface area (Å²) < 4.78 is 2.00. The van der Waals surface area contributed by atoms with Crippen LogP contribution in [0.4, 0.5) is 0 Å². The summed E-state index contributed by atoms with van der Waals surface area (Å²) in [5, 5.41) is 11.6. The fraction of sp³-hybridized carbons (Fsp3) is 0.0833. The lowest BCUT2D eigenvalue weighted by molar-refractivity contribution is -0.670. The lowest BCUT2D eigenvalue weighted by atomic mass is 10.2. The molecule has 2 heterocycles. The Morgan fingerprint density at radius 3 is 2.75 bits per heavy atom. The van der Waals surface area contributed by atoms with Gasteiger partial charge in [0.2, 0.25) is 0 Å². The van der Waals surface area contributed by atoms with E-state index in [1.807, 2.05) is 36.1 Å². The second-order valence-corrected chi connectivity index (χ2v) is 3.79. The van der Waals surface area contributed by atoms with Crippen molar-refractivity contribution in [2.24, 2.45) is 7.05 Å². The molecule has 0 saturated heterocycles. The zero-order chi connectivity index (χ0) is 10.4. The number of nitrogens with one attached hydrogen (secondary N) is 1. The molecular formula is C12H11BrN2O. The maximum absolute atomic E-state index is 9.44. The van der Waals surface area contributed by atoms with Gasteiger partial charge in [0.15, 0.2) is 12.4 Å². The van der Waals surface area contributed by atoms with Gasteiger partial charge in [-0.3, -0.25) is 0 Å². The molecule has 0 atom stereocenters. The molecule has 0 saturated carbocycles. The Hall–Kier alpha value is -1.55. The largest absolute Gasteiger partial charge is 1.00 e. The molecular weight excluding hydrogens is 268 g/mol. The number of hydrogen-bond acceptors (Lipinski definition) is 1. The first-order valence-corrected chi connectivity index (χ1v) is 4.84. The molecule has 3 nitrogen and oxygen atoms in total. The number of aromatic hydroxyl groups is 1. The Kier molecular flexibility index (Phi) is 2.59. The third-order valence-electron chi connectivity index (χ3n) is 2.66. The van der Waals surface area contributed by atoms with E-state index in [4.69, 9.17) is 0 Å². The minimum Gasteiger partial charge on any atom is -1.00 e. The van der Waals surface area contributed by atoms with Crippen molar-refractivity contribution >= 4 is 21.8 Å². The smallest absolute Gasteiger partial charge is 0.192 e. The molecule has 16 heavy (non-hydrogen) atoms. The molecule has 0 radical (unpaired) electrons. The molecule has 0 spiro atoms. The van der Waals surface area contributed by atoms with Crippen molar-refractivity contribution in [2.75, 3.05) is 0 Å². The van der Waals surface area contributed by atoms with Crippen LogP contribution in [-0.4, -0.2) is 10.1 Å². The maximum atomic E-state index is 9.44. The monoisotopic (exact) mass is 278 g/mol. The minimum absolute atomic E-state index is 0. The van der Waals surface area contributed by atoms with Gasteiger partial charge in [0.1, 0.15) is 18.3 Å². The molecule has 82 valence electrons. The van der Waals surface area contributed by atoms with Crippen LogP contribution in [0.1, 0.15) is 0 Å². The van der Waals surface area contributed by atoms with Gasteiger partial charge in [0.05, 0.1) is 0 Å². The van der Waals surface area contributed by atoms with E-state index >= 15 is 0 Å². The van der Waals surface area contributed by atoms with Crippen LogP contribution in [0, 0.1) is 0 Å². The summed E-state index contributed by atoms with van der Waals surface area (Å²) in [6.07, 6.45) is 4.03. The van der Waals surface area contributed by atoms with Crippen LogP contribution in [0.3, 0.4) is 0 Å². The molecule has 4 heteroatoms. The second kappa shape index (κ2) is 3.79. The number of hydrogen-bond donors (Lipinski definition) is 2. The summed E-state index contributed by atoms with van der Waals surface area (Å²) >= 11 is 0. The van der Waals surface area contributed by atoms with Crippen molar-refractivity contribution in [3.63, 3.8) is 0 Å². The molecule has 0 fully saturated rings. The predicted molar refractivity (Wildman–Crippen MR) is 58.6 cm³/mol. The SMILES string of the molecule is C[n+]1ccc2c(c1)[nH]c1ccc(O)cc12.[Br-]. The molecule has 0 bridgehead atoms. The number of aromatic nitrogens is 2. The van der Waals surface area contributed by atoms with E-state index in [0.29, 0.717) is 5.75 Å². The molecule has 0 unspecified atom stereocenters. The van der Waals surface area contributed by atoms with Crippen molar-refractivity contribution in [3.8, 4) is 5.75 Å². The lowest BCUT2D eigenvalue weighted by Gasteiger charge is -1.91. The molecule has 1 aromatic carbocycles. The third-order valence-corrected chi connectivity index (χ3v) is 2.66. The Morgan fingerprint density at radius 2 is 1.94 bits per heavy atom. The van der Waals surface area contributed by atoms with E-state index in [0.717, 1.165) is 21.8 Å². The summed E-state index contributed by atoms with van der Waals surface area (Å²) in [5.41, 5.74) is 2.13. The molecule has 0 aliphatic rings. The first-order chi connectivity index (χ1) is 7.24. The number of H-pyrrole nitrogens is 1. The van der Waals surface area contributed by atoms with Crippen molar-refractivity contribution < 1.29 is 26.7 Å². The van der Waals surface area contributed by atoms with E-state index < -0.39 is 0 Å². The topological polar surface area (TPSA) is 39.9 Å². The van der Waals surface area contributed by atoms with Crippen LogP contribution < -0.4 is 21.5 Å². The number of halogens is 1. The van der Waals surface area contributed by atoms with Crippen LogP contribution in [-0.2, 0) is 7.05 Å². The van der Waals surface area contributed by atoms with Crippen LogP contribution in [0.15, 0.2) is 36.7 Å². The average Bonchev–Trinajstić information content (AvgIpc) is 2.54. The van der Waals surface area contributed by atoms with Gasteiger partial charge in [-0.2, -0.15) is 0 Å². The van der Waals surface area contributed by atoms with Gasteiger partial charge in [0, 0.05) is 22.4 Å². The highest BCUT2D eigenvalue weighted by Crippen LogP contribution is 2.26. The van der Waals surface area contributed by atoms with Crippen LogP contribution in [0.5, 0.6) is 5.75 Å². The highest BCUT2D eigenvalue weighted by atomic mass is 79.9. The second-order valence-electron chi connectivity index (χ2n) is 3.79. The number of aryl methyl sites for hydroxylation is 1. The summed E-state index contributed by atoms with van der Waals surface area (Å²) in [5.74, 6) is 0.302. The lowest BCUT2D eigenvalue weighted by Crippen LogP contribution is -3.00. The highest BCUT2D eigenvalue weighted by molar-refractivity contribution is 6.06. The number of benzene rings is 1. The predicted octanol–water partition coefficient (Wildman–Crippen LogP) is -1.14. The Morgan fingerprint density at radius 1 is 1.12 bits per heavy atom. The van der Waals surface area contributed by atoms with E-state index in [9.17, 15) is 5.11 Å². The van der Waals surface area contributed by atoms with Crippen LogP contribution in [0.2, 0.25) is 0 Å². The van der Waals surface area contributed by atoms with E-state index in [1.165, 1.54) is 0 Å². The van der Waals surface area contributed by atoms with Gasteiger partial charge in [0.25, 0.3) is 0 Å². The van der Waals surface area contributed by atoms with Gasteiger partial charge in [-0.15, -0.1) is 0 Å². The first kappa shape index (κ1) is 11.0. The fourth-order valence-corrected chi connectivity index (χ4v) is 1.94. The zero-order valence-corrected chi connectivity index (χ0v) is 10.3. The molecule has 2 N–H and O–H groups in total. The number of fused-ring (bicyclic) bond motifs is 3. The van der Waals surface area contributed by atoms with Crippen LogP contribution >= 0.6 is 0 Å². The van der Waals surface area contributed by atoms with E-state index in [-0.39, 0.29) is 17.0 Å². The van der Waals surface area contributed by atoms with E-state index in [2.05, 4.69) is 4.98 Å². The average molecular weight is 279 g/mol. The van der Waals surface area contributed by atoms with Crippen LogP contribution in [0.25, 0.3) is 21.8 Å². The number of phenols is 1. The number of rotatable bonds is 0. The molecule has 0 aliphatic carbocycles. The van der Waals surface area contributed by atoms with Gasteiger partial charge >= 0.3 is 0 Å². The summed E-state index contributed by atoms with van der Waals surface area (Å²) in [6.45, 7) is 0. The van der Waals surface area contributed by atoms with Crippen molar-refractivity contribution in [2.45, 2.75) is 0 Å². The number of pyridine rings is 1. The number of phenolic OH excluding ortho intramolecular Hbond substituents is 1. The standard InChI is InChI=1S/C12H10N2O.BrH/c1-14-5-4-9-10-6-8(15)2-3-11(10)13-12(9)7-14;/h2-7,15H,1H3;1H. The zero-order valence-electron chi connectivity index (χ0n) is 8.74. The van der Waals surface area contributed by atoms with Crippen molar-refractivity contribution in [3.05, 3.63) is 36.7 Å². The van der Waals surface area contributed by atoms with E-state index in [1.54, 1.807) is 12.1 Å². The maximum Gasteiger partial charge on any atom is 0.192 e. The van der Waals surface area contributed by atoms with Gasteiger partial charge in [-0.05, 0) is 18.2 Å². The van der Waals surface area contributed by atoms with Gasteiger partial charge in [-0.25, -0.2) is 4.57 Å². The number of nitrogens with zero attached hydrogens (tertiary/aromatic N) is 1. The Bertz CT molecular complexity index is 660. The van der Waals surface area contributed by atoms with Crippen molar-refractivity contribution in [1.82, 2.24) is 4.98 Å². The third kappa shape index (κ3) is 1.55. The fourth-order valence-electron chi connectivity index (χ4n) is 1.94. The molecule has 0 amide bonds. The summed E-state index contributed by atoms with van der Waals surface area (Å²) in [6, 6.07) is 7.42.